The van der Waals surface area contributed by atoms with Crippen LogP contribution in [0.2, 0.25) is 0 Å². The minimum absolute atomic E-state index is 0.104. The number of barbiturate groups is 1. The molecule has 2 fully saturated rings. The van der Waals surface area contributed by atoms with Gasteiger partial charge in [-0.05, 0) is 30.2 Å². The number of hydrogen-bond acceptors (Lipinski definition) is 6. The molecule has 32 heavy (non-hydrogen) atoms. The minimum atomic E-state index is -1.39. The number of anilines is 2. The molecule has 0 bridgehead atoms. The fourth-order valence-electron chi connectivity index (χ4n) is 5.27. The van der Waals surface area contributed by atoms with E-state index in [1.54, 1.807) is 0 Å². The first-order valence-corrected chi connectivity index (χ1v) is 10.9. The number of piperazine rings is 1. The molecule has 8 nitrogen and oxygen atoms in total. The molecule has 1 N–H and O–H groups in total. The van der Waals surface area contributed by atoms with E-state index < -0.39 is 29.3 Å². The van der Waals surface area contributed by atoms with E-state index in [0.717, 1.165) is 28.4 Å². The summed E-state index contributed by atoms with van der Waals surface area (Å²) in [6, 6.07) is 16.8. The van der Waals surface area contributed by atoms with Gasteiger partial charge in [-0.1, -0.05) is 36.4 Å². The van der Waals surface area contributed by atoms with E-state index in [1.165, 1.54) is 7.11 Å². The molecule has 3 aliphatic rings. The van der Waals surface area contributed by atoms with E-state index in [9.17, 15) is 14.4 Å². The minimum Gasteiger partial charge on any atom is -0.383 e. The van der Waals surface area contributed by atoms with E-state index >= 15 is 0 Å². The number of methoxy groups -OCH3 is 1. The molecular weight excluding hydrogens is 408 g/mol. The van der Waals surface area contributed by atoms with Gasteiger partial charge in [0.25, 0.3) is 0 Å². The van der Waals surface area contributed by atoms with E-state index in [2.05, 4.69) is 15.1 Å². The Kier molecular flexibility index (Phi) is 5.09. The first kappa shape index (κ1) is 20.5. The summed E-state index contributed by atoms with van der Waals surface area (Å²) in [5.41, 5.74) is 1.67. The van der Waals surface area contributed by atoms with Gasteiger partial charge in [-0.15, -0.1) is 0 Å². The molecule has 0 radical (unpaired) electrons. The van der Waals surface area contributed by atoms with Crippen LogP contribution >= 0.6 is 0 Å². The van der Waals surface area contributed by atoms with Crippen molar-refractivity contribution in [1.82, 2.24) is 10.2 Å². The van der Waals surface area contributed by atoms with Gasteiger partial charge in [0.2, 0.25) is 11.8 Å². The third-order valence-electron chi connectivity index (χ3n) is 6.86. The highest BCUT2D eigenvalue weighted by Gasteiger charge is 2.62. The summed E-state index contributed by atoms with van der Waals surface area (Å²) in [7, 11) is 1.52. The van der Waals surface area contributed by atoms with Crippen LogP contribution in [0.4, 0.5) is 16.2 Å². The molecule has 5 rings (SSSR count). The van der Waals surface area contributed by atoms with Crippen molar-refractivity contribution in [2.75, 3.05) is 49.7 Å². The highest BCUT2D eigenvalue weighted by atomic mass is 16.5. The van der Waals surface area contributed by atoms with Crippen molar-refractivity contribution in [3.63, 3.8) is 0 Å². The third-order valence-corrected chi connectivity index (χ3v) is 6.86. The van der Waals surface area contributed by atoms with Crippen molar-refractivity contribution in [2.24, 2.45) is 5.41 Å². The van der Waals surface area contributed by atoms with Gasteiger partial charge in [0, 0.05) is 38.1 Å². The van der Waals surface area contributed by atoms with Crippen LogP contribution in [0.5, 0.6) is 0 Å². The number of hydrogen-bond donors (Lipinski definition) is 1. The predicted molar refractivity (Wildman–Crippen MR) is 119 cm³/mol. The zero-order valence-corrected chi connectivity index (χ0v) is 18.0. The van der Waals surface area contributed by atoms with Crippen molar-refractivity contribution in [1.29, 1.82) is 0 Å². The largest absolute Gasteiger partial charge is 0.383 e. The standard InChI is InChI=1S/C24H26N4O4/c1-32-14-13-28-22(30)24(21(29)25-23(28)31)15-17-7-5-6-10-19(17)27-12-11-26(16-20(24)27)18-8-3-2-4-9-18/h2-10,20H,11-16H2,1H3,(H,25,29,31)/t20-,24-/m1/s1. The molecule has 8 heteroatoms. The normalized spacial score (nSPS) is 25.0. The zero-order valence-electron chi connectivity index (χ0n) is 18.0. The van der Waals surface area contributed by atoms with Crippen LogP contribution in [0.1, 0.15) is 5.56 Å². The van der Waals surface area contributed by atoms with Gasteiger partial charge in [0.1, 0.15) is 0 Å². The summed E-state index contributed by atoms with van der Waals surface area (Å²) >= 11 is 0. The van der Waals surface area contributed by atoms with E-state index in [1.807, 2.05) is 54.6 Å². The maximum absolute atomic E-state index is 13.9. The number of carbonyl (C=O) groups excluding carboxylic acids is 3. The predicted octanol–water partition coefficient (Wildman–Crippen LogP) is 1.65. The van der Waals surface area contributed by atoms with Crippen molar-refractivity contribution in [2.45, 2.75) is 12.5 Å². The average Bonchev–Trinajstić information content (AvgIpc) is 2.83. The summed E-state index contributed by atoms with van der Waals surface area (Å²) < 4.78 is 5.10. The molecule has 2 aromatic rings. The second-order valence-electron chi connectivity index (χ2n) is 8.48. The van der Waals surface area contributed by atoms with Gasteiger partial charge in [0.05, 0.1) is 19.2 Å². The number of rotatable bonds is 4. The Morgan fingerprint density at radius 2 is 1.78 bits per heavy atom. The number of fused-ring (bicyclic) bond motifs is 4. The summed E-state index contributed by atoms with van der Waals surface area (Å²) in [6.07, 6.45) is 0.258. The molecule has 0 unspecified atom stereocenters. The lowest BCUT2D eigenvalue weighted by Crippen LogP contribution is -2.75. The summed E-state index contributed by atoms with van der Waals surface area (Å²) in [5.74, 6) is -0.955. The highest BCUT2D eigenvalue weighted by molar-refractivity contribution is 6.20. The lowest BCUT2D eigenvalue weighted by atomic mass is 9.67. The third kappa shape index (κ3) is 3.05. The molecule has 1 spiro atoms. The van der Waals surface area contributed by atoms with Crippen LogP contribution in [0.25, 0.3) is 0 Å². The van der Waals surface area contributed by atoms with Gasteiger partial charge in [-0.25, -0.2) is 4.79 Å². The zero-order chi connectivity index (χ0) is 22.3. The number of urea groups is 1. The number of benzene rings is 2. The molecule has 2 saturated heterocycles. The van der Waals surface area contributed by atoms with Crippen LogP contribution in [0.3, 0.4) is 0 Å². The topological polar surface area (TPSA) is 82.2 Å². The van der Waals surface area contributed by atoms with E-state index in [4.69, 9.17) is 4.74 Å². The maximum atomic E-state index is 13.9. The molecule has 166 valence electrons. The second kappa shape index (κ2) is 7.94. The number of nitrogens with one attached hydrogen (secondary N) is 1. The van der Waals surface area contributed by atoms with Crippen LogP contribution < -0.4 is 15.1 Å². The fourth-order valence-corrected chi connectivity index (χ4v) is 5.27. The Morgan fingerprint density at radius 1 is 1.03 bits per heavy atom. The van der Waals surface area contributed by atoms with Gasteiger partial charge < -0.3 is 14.5 Å². The number of carbonyl (C=O) groups is 3. The van der Waals surface area contributed by atoms with Crippen molar-refractivity contribution in [3.8, 4) is 0 Å². The quantitative estimate of drug-likeness (QED) is 0.737. The van der Waals surface area contributed by atoms with Gasteiger partial charge in [-0.3, -0.25) is 19.8 Å². The molecular formula is C24H26N4O4. The second-order valence-corrected chi connectivity index (χ2v) is 8.48. The molecule has 2 aromatic carbocycles. The molecule has 3 heterocycles. The number of imide groups is 2. The Bertz CT molecular complexity index is 1060. The monoisotopic (exact) mass is 434 g/mol. The summed E-state index contributed by atoms with van der Waals surface area (Å²) in [5, 5.41) is 2.47. The smallest absolute Gasteiger partial charge is 0.330 e. The molecule has 0 saturated carbocycles. The first-order valence-electron chi connectivity index (χ1n) is 10.9. The van der Waals surface area contributed by atoms with Crippen molar-refractivity contribution in [3.05, 3.63) is 60.2 Å². The highest BCUT2D eigenvalue weighted by Crippen LogP contribution is 2.46. The van der Waals surface area contributed by atoms with Crippen LogP contribution in [0.15, 0.2) is 54.6 Å². The average molecular weight is 434 g/mol. The lowest BCUT2D eigenvalue weighted by Gasteiger charge is -2.55. The molecule has 4 amide bonds. The summed E-state index contributed by atoms with van der Waals surface area (Å²) in [4.78, 5) is 45.4. The molecule has 3 aliphatic heterocycles. The Hall–Kier alpha value is -3.39. The summed E-state index contributed by atoms with van der Waals surface area (Å²) in [6.45, 7) is 2.26. The fraction of sp³-hybridized carbons (Fsp3) is 0.375. The molecule has 0 aromatic heterocycles. The first-order chi connectivity index (χ1) is 15.6. The Balaban J connectivity index is 1.60. The number of para-hydroxylation sites is 2. The number of amides is 4. The van der Waals surface area contributed by atoms with Crippen LogP contribution in [0, 0.1) is 5.41 Å². The van der Waals surface area contributed by atoms with E-state index in [-0.39, 0.29) is 19.6 Å². The van der Waals surface area contributed by atoms with Gasteiger partial charge in [-0.2, -0.15) is 0 Å². The lowest BCUT2D eigenvalue weighted by molar-refractivity contribution is -0.154. The molecule has 0 aliphatic carbocycles. The van der Waals surface area contributed by atoms with Crippen molar-refractivity contribution < 1.29 is 19.1 Å². The Morgan fingerprint density at radius 3 is 2.56 bits per heavy atom. The van der Waals surface area contributed by atoms with Crippen molar-refractivity contribution >= 4 is 29.2 Å². The van der Waals surface area contributed by atoms with Crippen LogP contribution in [-0.2, 0) is 20.7 Å². The van der Waals surface area contributed by atoms with Gasteiger partial charge >= 0.3 is 6.03 Å². The number of ether oxygens (including phenoxy) is 1. The Labute approximate surface area is 186 Å². The number of nitrogens with zero attached hydrogens (tertiary/aromatic N) is 3. The van der Waals surface area contributed by atoms with E-state index in [0.29, 0.717) is 13.1 Å². The molecule has 2 atom stereocenters. The SMILES string of the molecule is COCCN1C(=O)NC(=O)[C@]2(Cc3ccccc3N3CCN(c4ccccc4)C[C@@H]32)C1=O. The maximum Gasteiger partial charge on any atom is 0.330 e. The van der Waals surface area contributed by atoms with Crippen LogP contribution in [-0.4, -0.2) is 68.7 Å². The van der Waals surface area contributed by atoms with Gasteiger partial charge in [0.15, 0.2) is 5.41 Å².